The lowest BCUT2D eigenvalue weighted by Crippen LogP contribution is -2.29. The summed E-state index contributed by atoms with van der Waals surface area (Å²) in [5.41, 5.74) is 0. The highest BCUT2D eigenvalue weighted by Gasteiger charge is 2.39. The maximum atomic E-state index is 12.6. The third-order valence-electron chi connectivity index (χ3n) is 9.34. The highest BCUT2D eigenvalue weighted by atomic mass is 31.2. The molecule has 0 radical (unpaired) electrons. The summed E-state index contributed by atoms with van der Waals surface area (Å²) in [6, 6.07) is 0. The highest BCUT2D eigenvalue weighted by Crippen LogP contribution is 2.43. The summed E-state index contributed by atoms with van der Waals surface area (Å²) < 4.78 is 32.5. The molecule has 1 aliphatic carbocycles. The maximum Gasteiger partial charge on any atom is 0.472 e. The van der Waals surface area contributed by atoms with Crippen molar-refractivity contribution in [2.75, 3.05) is 26.4 Å². The number of aliphatic hydroxyl groups excluding tert-OH is 5. The van der Waals surface area contributed by atoms with Gasteiger partial charge in [-0.05, 0) is 63.7 Å². The molecule has 0 spiro atoms. The Bertz CT molecular complexity index is 1430. The lowest BCUT2D eigenvalue weighted by Gasteiger charge is -2.20. The zero-order chi connectivity index (χ0) is 44.3. The van der Waals surface area contributed by atoms with E-state index in [-0.39, 0.29) is 31.1 Å². The molecule has 1 rings (SSSR count). The molecule has 0 amide bonds. The zero-order valence-corrected chi connectivity index (χ0v) is 36.6. The molecule has 0 aromatic heterocycles. The third-order valence-corrected chi connectivity index (χ3v) is 10.3. The summed E-state index contributed by atoms with van der Waals surface area (Å²) in [6.45, 7) is 1.67. The van der Waals surface area contributed by atoms with Gasteiger partial charge in [-0.2, -0.15) is 0 Å². The number of hydrogen-bond acceptors (Lipinski definition) is 12. The van der Waals surface area contributed by atoms with Crippen molar-refractivity contribution in [1.29, 1.82) is 0 Å². The summed E-state index contributed by atoms with van der Waals surface area (Å²) >= 11 is 0. The monoisotopic (exact) mass is 864 g/mol. The summed E-state index contributed by atoms with van der Waals surface area (Å²) in [4.78, 5) is 35.2. The van der Waals surface area contributed by atoms with Gasteiger partial charge in [0.25, 0.3) is 0 Å². The van der Waals surface area contributed by atoms with Gasteiger partial charge in [0.2, 0.25) is 0 Å². The molecule has 8 atom stereocenters. The van der Waals surface area contributed by atoms with Crippen LogP contribution < -0.4 is 0 Å². The van der Waals surface area contributed by atoms with Crippen molar-refractivity contribution < 1.29 is 63.1 Å². The maximum absolute atomic E-state index is 12.6. The summed E-state index contributed by atoms with van der Waals surface area (Å²) in [6.07, 6.45) is 36.6. The fourth-order valence-electron chi connectivity index (χ4n) is 5.99. The van der Waals surface area contributed by atoms with Crippen molar-refractivity contribution in [3.63, 3.8) is 0 Å². The number of esters is 2. The van der Waals surface area contributed by atoms with Gasteiger partial charge in [0.05, 0.1) is 44.6 Å². The number of aliphatic hydroxyl groups is 5. The van der Waals surface area contributed by atoms with E-state index < -0.39 is 76.7 Å². The SMILES string of the molecule is CC/C=C\C/C=C\C/C=C\C/C=C\C/C=C\C/C=C\CCC(=O)O[C@H](COC(=O)C/C=C\C[C@H]1[C@@H](/C=C/[C@H](O)CCCCC)[C@H](O)C[C@@H]1O)COP(=O)(O)OC[C@@H](O)CO. The van der Waals surface area contributed by atoms with Crippen molar-refractivity contribution in [2.45, 2.75) is 141 Å². The molecular formula is C46H73O13P. The van der Waals surface area contributed by atoms with Gasteiger partial charge < -0.3 is 39.9 Å². The number of hydrogen-bond donors (Lipinski definition) is 6. The molecule has 1 unspecified atom stereocenters. The molecule has 60 heavy (non-hydrogen) atoms. The number of ether oxygens (including phenoxy) is 2. The first-order valence-electron chi connectivity index (χ1n) is 21.5. The number of rotatable bonds is 34. The second kappa shape index (κ2) is 35.4. The van der Waals surface area contributed by atoms with Gasteiger partial charge in [-0.3, -0.25) is 18.6 Å². The van der Waals surface area contributed by atoms with E-state index in [0.29, 0.717) is 25.7 Å². The Morgan fingerprint density at radius 2 is 1.32 bits per heavy atom. The predicted octanol–water partition coefficient (Wildman–Crippen LogP) is 7.60. The Morgan fingerprint density at radius 1 is 0.733 bits per heavy atom. The minimum absolute atomic E-state index is 0.0129. The van der Waals surface area contributed by atoms with E-state index in [1.54, 1.807) is 24.3 Å². The molecule has 340 valence electrons. The first-order valence-corrected chi connectivity index (χ1v) is 22.9. The topological polar surface area (TPSA) is 210 Å². The standard InChI is InChI=1S/C46H73O13P/c1-3-5-7-8-9-10-11-12-13-14-15-16-17-18-19-20-21-22-24-30-46(53)59-40(37-58-60(54,55)57-35-39(49)34-47)36-56-45(52)29-26-25-28-41-42(44(51)33-43(41)50)32-31-38(48)27-23-6-4-2/h5,7,9-10,12-13,15-16,18-19,21-22,25-26,31-32,38-44,47-51H,3-4,6,8,11,14,17,20,23-24,27-30,33-37H2,1-2H3,(H,54,55)/b7-5-,10-9-,13-12-,16-15-,19-18-,22-21-,26-25-,32-31+/t38-,39+,40-,41+,42-,43+,44-/m1/s1. The van der Waals surface area contributed by atoms with Crippen LogP contribution in [0.4, 0.5) is 0 Å². The van der Waals surface area contributed by atoms with Gasteiger partial charge in [0.15, 0.2) is 6.10 Å². The smallest absolute Gasteiger partial charge is 0.461 e. The molecule has 0 aromatic rings. The number of unbranched alkanes of at least 4 members (excludes halogenated alkanes) is 2. The van der Waals surface area contributed by atoms with Crippen molar-refractivity contribution in [1.82, 2.24) is 0 Å². The highest BCUT2D eigenvalue weighted by molar-refractivity contribution is 7.47. The average Bonchev–Trinajstić information content (AvgIpc) is 3.50. The number of carbonyl (C=O) groups excluding carboxylic acids is 2. The van der Waals surface area contributed by atoms with Crippen LogP contribution in [-0.4, -0.2) is 99.3 Å². The third kappa shape index (κ3) is 29.1. The molecule has 0 aliphatic heterocycles. The predicted molar refractivity (Wildman–Crippen MR) is 234 cm³/mol. The molecule has 0 bridgehead atoms. The molecule has 6 N–H and O–H groups in total. The molecule has 14 heteroatoms. The quantitative estimate of drug-likeness (QED) is 0.0160. The van der Waals surface area contributed by atoms with Crippen LogP contribution in [0.3, 0.4) is 0 Å². The van der Waals surface area contributed by atoms with Gasteiger partial charge in [-0.1, -0.05) is 130 Å². The first-order chi connectivity index (χ1) is 28.9. The van der Waals surface area contributed by atoms with Crippen LogP contribution in [0.1, 0.15) is 110 Å². The van der Waals surface area contributed by atoms with E-state index in [2.05, 4.69) is 73.1 Å². The van der Waals surface area contributed by atoms with Crippen molar-refractivity contribution in [2.24, 2.45) is 11.8 Å². The molecular weight excluding hydrogens is 791 g/mol. The fourth-order valence-corrected chi connectivity index (χ4v) is 6.78. The normalized spacial score (nSPS) is 21.5. The summed E-state index contributed by atoms with van der Waals surface area (Å²) in [7, 11) is -4.73. The lowest BCUT2D eigenvalue weighted by atomic mass is 9.89. The minimum Gasteiger partial charge on any atom is -0.461 e. The Hall–Kier alpha value is -3.23. The van der Waals surface area contributed by atoms with Gasteiger partial charge in [-0.15, -0.1) is 0 Å². The van der Waals surface area contributed by atoms with E-state index >= 15 is 0 Å². The van der Waals surface area contributed by atoms with E-state index in [9.17, 15) is 39.5 Å². The van der Waals surface area contributed by atoms with Crippen molar-refractivity contribution in [3.05, 3.63) is 97.2 Å². The number of carbonyl (C=O) groups is 2. The lowest BCUT2D eigenvalue weighted by molar-refractivity contribution is -0.160. The first kappa shape index (κ1) is 54.8. The Morgan fingerprint density at radius 3 is 1.90 bits per heavy atom. The molecule has 1 aliphatic rings. The minimum atomic E-state index is -4.73. The van der Waals surface area contributed by atoms with E-state index in [1.807, 2.05) is 18.2 Å². The average molecular weight is 865 g/mol. The summed E-state index contributed by atoms with van der Waals surface area (Å²) in [5.74, 6) is -2.00. The van der Waals surface area contributed by atoms with Gasteiger partial charge in [0.1, 0.15) is 12.7 Å². The summed E-state index contributed by atoms with van der Waals surface area (Å²) in [5, 5.41) is 49.7. The van der Waals surface area contributed by atoms with Gasteiger partial charge in [-0.25, -0.2) is 4.57 Å². The number of phosphoric ester groups is 1. The van der Waals surface area contributed by atoms with Crippen LogP contribution in [0.15, 0.2) is 97.2 Å². The van der Waals surface area contributed by atoms with E-state index in [0.717, 1.165) is 51.4 Å². The van der Waals surface area contributed by atoms with Crippen LogP contribution in [0.2, 0.25) is 0 Å². The molecule has 0 aromatic carbocycles. The van der Waals surface area contributed by atoms with Crippen LogP contribution in [-0.2, 0) is 32.7 Å². The Labute approximate surface area is 358 Å². The van der Waals surface area contributed by atoms with Crippen molar-refractivity contribution >= 4 is 19.8 Å². The van der Waals surface area contributed by atoms with Crippen LogP contribution in [0, 0.1) is 11.8 Å². The van der Waals surface area contributed by atoms with E-state index in [1.165, 1.54) is 0 Å². The van der Waals surface area contributed by atoms with Crippen molar-refractivity contribution in [3.8, 4) is 0 Å². The van der Waals surface area contributed by atoms with Gasteiger partial charge >= 0.3 is 19.8 Å². The number of phosphoric acid groups is 1. The second-order valence-corrected chi connectivity index (χ2v) is 16.1. The molecule has 13 nitrogen and oxygen atoms in total. The molecule has 0 heterocycles. The fraction of sp³-hybridized carbons (Fsp3) is 0.609. The largest absolute Gasteiger partial charge is 0.472 e. The zero-order valence-electron chi connectivity index (χ0n) is 35.7. The van der Waals surface area contributed by atoms with Crippen LogP contribution in [0.5, 0.6) is 0 Å². The number of allylic oxidation sites excluding steroid dienone is 13. The van der Waals surface area contributed by atoms with Crippen LogP contribution >= 0.6 is 7.82 Å². The van der Waals surface area contributed by atoms with Gasteiger partial charge in [0, 0.05) is 18.8 Å². The molecule has 1 fully saturated rings. The molecule has 0 saturated heterocycles. The Balaban J connectivity index is 2.58. The second-order valence-electron chi connectivity index (χ2n) is 14.6. The van der Waals surface area contributed by atoms with Crippen LogP contribution in [0.25, 0.3) is 0 Å². The van der Waals surface area contributed by atoms with E-state index in [4.69, 9.17) is 19.1 Å². The molecule has 1 saturated carbocycles. The Kier molecular flexibility index (Phi) is 32.3.